The predicted octanol–water partition coefficient (Wildman–Crippen LogP) is 3.15. The average Bonchev–Trinajstić information content (AvgIpc) is 2.41. The first-order valence-corrected chi connectivity index (χ1v) is 7.47. The van der Waals surface area contributed by atoms with Crippen molar-refractivity contribution in [1.82, 2.24) is 5.32 Å². The minimum atomic E-state index is -0.661. The van der Waals surface area contributed by atoms with Crippen LogP contribution in [0.1, 0.15) is 39.2 Å². The number of esters is 1. The van der Waals surface area contributed by atoms with E-state index >= 15 is 0 Å². The Hall–Kier alpha value is -1.55. The summed E-state index contributed by atoms with van der Waals surface area (Å²) in [5, 5.41) is 3.34. The van der Waals surface area contributed by atoms with Crippen molar-refractivity contribution in [2.45, 2.75) is 39.7 Å². The summed E-state index contributed by atoms with van der Waals surface area (Å²) < 4.78 is 4.90. The van der Waals surface area contributed by atoms with Gasteiger partial charge in [-0.05, 0) is 37.5 Å². The molecule has 4 nitrogen and oxygen atoms in total. The molecule has 0 fully saturated rings. The third-order valence-electron chi connectivity index (χ3n) is 3.18. The van der Waals surface area contributed by atoms with E-state index in [-0.39, 0.29) is 17.7 Å². The Morgan fingerprint density at radius 3 is 2.24 bits per heavy atom. The zero-order valence-corrected chi connectivity index (χ0v) is 13.6. The van der Waals surface area contributed by atoms with Crippen LogP contribution >= 0.6 is 11.6 Å². The number of hydrogen-bond donors (Lipinski definition) is 1. The highest BCUT2D eigenvalue weighted by molar-refractivity contribution is 6.30. The maximum absolute atomic E-state index is 12.4. The second kappa shape index (κ2) is 8.03. The van der Waals surface area contributed by atoms with Gasteiger partial charge in [0, 0.05) is 5.02 Å². The maximum atomic E-state index is 12.4. The lowest BCUT2D eigenvalue weighted by Crippen LogP contribution is -2.43. The van der Waals surface area contributed by atoms with Crippen LogP contribution in [0.5, 0.6) is 0 Å². The number of ether oxygens (including phenoxy) is 1. The van der Waals surface area contributed by atoms with Gasteiger partial charge in [0.2, 0.25) is 5.91 Å². The lowest BCUT2D eigenvalue weighted by atomic mass is 9.87. The van der Waals surface area contributed by atoms with E-state index in [1.54, 1.807) is 26.0 Å². The topological polar surface area (TPSA) is 55.4 Å². The minimum absolute atomic E-state index is 0.0978. The molecule has 1 N–H and O–H groups in total. The van der Waals surface area contributed by atoms with Crippen LogP contribution < -0.4 is 5.32 Å². The molecule has 1 aromatic rings. The predicted molar refractivity (Wildman–Crippen MR) is 83.3 cm³/mol. The lowest BCUT2D eigenvalue weighted by Gasteiger charge is -2.22. The van der Waals surface area contributed by atoms with Crippen molar-refractivity contribution in [3.05, 3.63) is 34.9 Å². The Morgan fingerprint density at radius 2 is 1.76 bits per heavy atom. The van der Waals surface area contributed by atoms with Gasteiger partial charge in [0.25, 0.3) is 0 Å². The summed E-state index contributed by atoms with van der Waals surface area (Å²) in [5.74, 6) is -0.850. The van der Waals surface area contributed by atoms with Crippen LogP contribution in [0.4, 0.5) is 0 Å². The number of amides is 1. The fraction of sp³-hybridized carbons (Fsp3) is 0.500. The minimum Gasteiger partial charge on any atom is -0.464 e. The zero-order valence-electron chi connectivity index (χ0n) is 12.9. The Morgan fingerprint density at radius 1 is 1.19 bits per heavy atom. The summed E-state index contributed by atoms with van der Waals surface area (Å²) in [6.45, 7) is 7.58. The van der Waals surface area contributed by atoms with E-state index in [2.05, 4.69) is 5.32 Å². The molecular weight excluding hydrogens is 290 g/mol. The first kappa shape index (κ1) is 17.5. The van der Waals surface area contributed by atoms with Crippen molar-refractivity contribution in [1.29, 1.82) is 0 Å². The number of carbonyl (C=O) groups is 2. The largest absolute Gasteiger partial charge is 0.464 e. The highest BCUT2D eigenvalue weighted by Crippen LogP contribution is 2.26. The normalized spacial score (nSPS) is 13.6. The monoisotopic (exact) mass is 311 g/mol. The zero-order chi connectivity index (χ0) is 16.0. The second-order valence-electron chi connectivity index (χ2n) is 5.26. The Bertz CT molecular complexity index is 485. The SMILES string of the molecule is CCOC(=O)C(C)NC(=O)C(c1ccc(Cl)cc1)C(C)C. The van der Waals surface area contributed by atoms with Gasteiger partial charge in [0.1, 0.15) is 6.04 Å². The van der Waals surface area contributed by atoms with Crippen LogP contribution in [0.2, 0.25) is 5.02 Å². The molecule has 0 aliphatic carbocycles. The van der Waals surface area contributed by atoms with E-state index in [4.69, 9.17) is 16.3 Å². The van der Waals surface area contributed by atoms with Crippen molar-refractivity contribution in [2.75, 3.05) is 6.61 Å². The molecule has 0 aromatic heterocycles. The molecule has 0 saturated carbocycles. The molecule has 0 saturated heterocycles. The number of rotatable bonds is 6. The fourth-order valence-corrected chi connectivity index (χ4v) is 2.26. The summed E-state index contributed by atoms with van der Waals surface area (Å²) in [7, 11) is 0. The average molecular weight is 312 g/mol. The lowest BCUT2D eigenvalue weighted by molar-refractivity contribution is -0.147. The molecule has 0 heterocycles. The van der Waals surface area contributed by atoms with Gasteiger partial charge in [-0.2, -0.15) is 0 Å². The maximum Gasteiger partial charge on any atom is 0.328 e. The van der Waals surface area contributed by atoms with Crippen molar-refractivity contribution >= 4 is 23.5 Å². The van der Waals surface area contributed by atoms with Crippen molar-refractivity contribution in [3.63, 3.8) is 0 Å². The van der Waals surface area contributed by atoms with Gasteiger partial charge in [-0.3, -0.25) is 4.79 Å². The smallest absolute Gasteiger partial charge is 0.328 e. The second-order valence-corrected chi connectivity index (χ2v) is 5.69. The van der Waals surface area contributed by atoms with Gasteiger partial charge < -0.3 is 10.1 Å². The van der Waals surface area contributed by atoms with E-state index in [1.165, 1.54) is 0 Å². The van der Waals surface area contributed by atoms with E-state index in [1.807, 2.05) is 26.0 Å². The highest BCUT2D eigenvalue weighted by atomic mass is 35.5. The summed E-state index contributed by atoms with van der Waals surface area (Å²) in [6.07, 6.45) is 0. The van der Waals surface area contributed by atoms with Gasteiger partial charge in [-0.1, -0.05) is 37.6 Å². The van der Waals surface area contributed by atoms with Gasteiger partial charge in [0.15, 0.2) is 0 Å². The van der Waals surface area contributed by atoms with Crippen LogP contribution in [-0.2, 0) is 14.3 Å². The van der Waals surface area contributed by atoms with E-state index in [0.717, 1.165) is 5.56 Å². The van der Waals surface area contributed by atoms with E-state index in [0.29, 0.717) is 11.6 Å². The first-order chi connectivity index (χ1) is 9.86. The molecule has 116 valence electrons. The summed E-state index contributed by atoms with van der Waals surface area (Å²) in [6, 6.07) is 6.53. The fourth-order valence-electron chi connectivity index (χ4n) is 2.14. The summed E-state index contributed by atoms with van der Waals surface area (Å²) in [5.41, 5.74) is 0.878. The molecule has 0 spiro atoms. The third-order valence-corrected chi connectivity index (χ3v) is 3.43. The van der Waals surface area contributed by atoms with E-state index < -0.39 is 12.0 Å². The van der Waals surface area contributed by atoms with Crippen LogP contribution in [0.25, 0.3) is 0 Å². The molecule has 2 unspecified atom stereocenters. The first-order valence-electron chi connectivity index (χ1n) is 7.09. The number of nitrogens with one attached hydrogen (secondary N) is 1. The molecular formula is C16H22ClNO3. The quantitative estimate of drug-likeness (QED) is 0.821. The number of carbonyl (C=O) groups excluding carboxylic acids is 2. The molecule has 1 amide bonds. The Balaban J connectivity index is 2.84. The molecule has 0 aliphatic rings. The molecule has 0 aliphatic heterocycles. The molecule has 1 rings (SSSR count). The summed E-state index contributed by atoms with van der Waals surface area (Å²) >= 11 is 5.87. The van der Waals surface area contributed by atoms with Crippen molar-refractivity contribution in [3.8, 4) is 0 Å². The van der Waals surface area contributed by atoms with Crippen LogP contribution in [-0.4, -0.2) is 24.5 Å². The van der Waals surface area contributed by atoms with Crippen molar-refractivity contribution in [2.24, 2.45) is 5.92 Å². The van der Waals surface area contributed by atoms with Crippen molar-refractivity contribution < 1.29 is 14.3 Å². The molecule has 0 bridgehead atoms. The highest BCUT2D eigenvalue weighted by Gasteiger charge is 2.27. The Kier molecular flexibility index (Phi) is 6.69. The van der Waals surface area contributed by atoms with Gasteiger partial charge in [0.05, 0.1) is 12.5 Å². The number of benzene rings is 1. The molecule has 5 heteroatoms. The molecule has 0 radical (unpaired) electrons. The Labute approximate surface area is 130 Å². The standard InChI is InChI=1S/C16H22ClNO3/c1-5-21-16(20)11(4)18-15(19)14(10(2)3)12-6-8-13(17)9-7-12/h6-11,14H,5H2,1-4H3,(H,18,19). The molecule has 1 aromatic carbocycles. The third kappa shape index (κ3) is 5.05. The van der Waals surface area contributed by atoms with Crippen LogP contribution in [0.3, 0.4) is 0 Å². The number of hydrogen-bond acceptors (Lipinski definition) is 3. The molecule has 21 heavy (non-hydrogen) atoms. The van der Waals surface area contributed by atoms with Gasteiger partial charge >= 0.3 is 5.97 Å². The molecule has 2 atom stereocenters. The van der Waals surface area contributed by atoms with Gasteiger partial charge in [-0.25, -0.2) is 4.79 Å². The van der Waals surface area contributed by atoms with E-state index in [9.17, 15) is 9.59 Å². The van der Waals surface area contributed by atoms with Gasteiger partial charge in [-0.15, -0.1) is 0 Å². The summed E-state index contributed by atoms with van der Waals surface area (Å²) in [4.78, 5) is 24.0. The van der Waals surface area contributed by atoms with Crippen LogP contribution in [0.15, 0.2) is 24.3 Å². The van der Waals surface area contributed by atoms with Crippen LogP contribution in [0, 0.1) is 5.92 Å². The number of halogens is 1.